The van der Waals surface area contributed by atoms with Crippen LogP contribution in [0.2, 0.25) is 0 Å². The lowest BCUT2D eigenvalue weighted by Crippen LogP contribution is -2.49. The van der Waals surface area contributed by atoms with Crippen LogP contribution in [0, 0.1) is 0 Å². The number of phenolic OH excluding ortho intramolecular Hbond substituents is 1. The summed E-state index contributed by atoms with van der Waals surface area (Å²) in [5.74, 6) is -0.0191. The number of piperazine rings is 1. The van der Waals surface area contributed by atoms with Gasteiger partial charge in [-0.1, -0.05) is 12.1 Å². The minimum absolute atomic E-state index is 0.0770. The molecule has 1 aliphatic rings. The van der Waals surface area contributed by atoms with E-state index < -0.39 is 15.9 Å². The van der Waals surface area contributed by atoms with Crippen molar-refractivity contribution in [2.75, 3.05) is 31.5 Å². The molecule has 2 heterocycles. The zero-order valence-corrected chi connectivity index (χ0v) is 19.2. The number of rotatable bonds is 5. The summed E-state index contributed by atoms with van der Waals surface area (Å²) in [6.45, 7) is 2.61. The van der Waals surface area contributed by atoms with Crippen LogP contribution < -0.4 is 5.32 Å². The first-order chi connectivity index (χ1) is 16.2. The van der Waals surface area contributed by atoms with Gasteiger partial charge in [0.15, 0.2) is 5.82 Å². The number of hydrogen-bond acceptors (Lipinski definition) is 7. The quantitative estimate of drug-likeness (QED) is 0.569. The lowest BCUT2D eigenvalue weighted by molar-refractivity contribution is -0.129. The maximum Gasteiger partial charge on any atom is 0.255 e. The number of phenols is 1. The number of sulfonamides is 1. The van der Waals surface area contributed by atoms with E-state index in [0.717, 1.165) is 0 Å². The number of amides is 2. The molecule has 0 unspecified atom stereocenters. The van der Waals surface area contributed by atoms with Crippen molar-refractivity contribution >= 4 is 27.5 Å². The number of hydrogen-bond donors (Lipinski definition) is 2. The van der Waals surface area contributed by atoms with Crippen LogP contribution in [0.1, 0.15) is 17.3 Å². The minimum Gasteiger partial charge on any atom is -0.508 e. The Hall–Kier alpha value is -3.83. The predicted molar refractivity (Wildman–Crippen MR) is 125 cm³/mol. The molecule has 176 valence electrons. The molecule has 0 bridgehead atoms. The Labute approximate surface area is 196 Å². The summed E-state index contributed by atoms with van der Waals surface area (Å²) in [5.41, 5.74) is 1.28. The third-order valence-electron chi connectivity index (χ3n) is 5.45. The normalized spacial score (nSPS) is 14.6. The zero-order valence-electron chi connectivity index (χ0n) is 18.4. The number of aromatic nitrogens is 2. The maximum absolute atomic E-state index is 12.9. The van der Waals surface area contributed by atoms with Gasteiger partial charge in [-0.05, 0) is 36.4 Å². The molecule has 2 aromatic carbocycles. The van der Waals surface area contributed by atoms with Gasteiger partial charge < -0.3 is 15.3 Å². The molecule has 0 radical (unpaired) electrons. The van der Waals surface area contributed by atoms with Gasteiger partial charge in [-0.3, -0.25) is 9.59 Å². The van der Waals surface area contributed by atoms with Crippen molar-refractivity contribution in [1.82, 2.24) is 19.2 Å². The Morgan fingerprint density at radius 2 is 1.62 bits per heavy atom. The number of benzene rings is 2. The van der Waals surface area contributed by atoms with Crippen LogP contribution in [0.4, 0.5) is 5.69 Å². The molecule has 34 heavy (non-hydrogen) atoms. The summed E-state index contributed by atoms with van der Waals surface area (Å²) in [6, 6.07) is 12.2. The topological polar surface area (TPSA) is 133 Å². The molecule has 0 spiro atoms. The monoisotopic (exact) mass is 481 g/mol. The Morgan fingerprint density at radius 3 is 2.21 bits per heavy atom. The minimum atomic E-state index is -3.72. The third-order valence-corrected chi connectivity index (χ3v) is 7.37. The Morgan fingerprint density at radius 1 is 0.971 bits per heavy atom. The van der Waals surface area contributed by atoms with Crippen LogP contribution >= 0.6 is 0 Å². The molecule has 0 aliphatic carbocycles. The highest BCUT2D eigenvalue weighted by Gasteiger charge is 2.29. The first kappa shape index (κ1) is 23.3. The number of anilines is 1. The fourth-order valence-electron chi connectivity index (χ4n) is 3.56. The maximum atomic E-state index is 12.9. The number of carbonyl (C=O) groups excluding carboxylic acids is 2. The summed E-state index contributed by atoms with van der Waals surface area (Å²) in [6.07, 6.45) is 2.90. The molecule has 11 heteroatoms. The highest BCUT2D eigenvalue weighted by Crippen LogP contribution is 2.21. The fraction of sp³-hybridized carbons (Fsp3) is 0.217. The molecule has 2 N–H and O–H groups in total. The fourth-order valence-corrected chi connectivity index (χ4v) is 4.98. The van der Waals surface area contributed by atoms with E-state index in [9.17, 15) is 23.1 Å². The van der Waals surface area contributed by atoms with Crippen LogP contribution in [0.3, 0.4) is 0 Å². The largest absolute Gasteiger partial charge is 0.508 e. The zero-order chi connectivity index (χ0) is 24.3. The second-order valence-electron chi connectivity index (χ2n) is 7.73. The number of aromatic hydroxyl groups is 1. The van der Waals surface area contributed by atoms with Crippen LogP contribution in [0.5, 0.6) is 5.75 Å². The molecule has 2 amide bonds. The highest BCUT2D eigenvalue weighted by molar-refractivity contribution is 7.89. The molecular weight excluding hydrogens is 458 g/mol. The van der Waals surface area contributed by atoms with Crippen molar-refractivity contribution < 1.29 is 23.1 Å². The van der Waals surface area contributed by atoms with Gasteiger partial charge in [-0.15, -0.1) is 0 Å². The lowest BCUT2D eigenvalue weighted by atomic mass is 10.2. The molecule has 1 aliphatic heterocycles. The highest BCUT2D eigenvalue weighted by atomic mass is 32.2. The Kier molecular flexibility index (Phi) is 6.57. The number of carbonyl (C=O) groups is 2. The lowest BCUT2D eigenvalue weighted by Gasteiger charge is -2.33. The van der Waals surface area contributed by atoms with Crippen LogP contribution in [-0.2, 0) is 14.8 Å². The van der Waals surface area contributed by atoms with Gasteiger partial charge in [0, 0.05) is 44.2 Å². The van der Waals surface area contributed by atoms with Gasteiger partial charge in [0.2, 0.25) is 15.9 Å². The second-order valence-corrected chi connectivity index (χ2v) is 9.67. The molecule has 0 saturated carbocycles. The van der Waals surface area contributed by atoms with E-state index in [1.807, 2.05) is 0 Å². The van der Waals surface area contributed by atoms with Gasteiger partial charge in [-0.2, -0.15) is 4.31 Å². The summed E-state index contributed by atoms with van der Waals surface area (Å²) in [4.78, 5) is 34.1. The van der Waals surface area contributed by atoms with Crippen LogP contribution in [-0.4, -0.2) is 70.7 Å². The predicted octanol–water partition coefficient (Wildman–Crippen LogP) is 1.95. The van der Waals surface area contributed by atoms with E-state index in [1.165, 1.54) is 54.0 Å². The van der Waals surface area contributed by atoms with Crippen molar-refractivity contribution in [1.29, 1.82) is 0 Å². The van der Waals surface area contributed by atoms with E-state index in [0.29, 0.717) is 30.2 Å². The average molecular weight is 482 g/mol. The number of nitrogens with zero attached hydrogens (tertiary/aromatic N) is 4. The summed E-state index contributed by atoms with van der Waals surface area (Å²) in [7, 11) is -3.72. The first-order valence-electron chi connectivity index (χ1n) is 10.5. The summed E-state index contributed by atoms with van der Waals surface area (Å²) < 4.78 is 27.1. The average Bonchev–Trinajstić information content (AvgIpc) is 2.84. The van der Waals surface area contributed by atoms with Crippen molar-refractivity contribution in [3.05, 3.63) is 66.5 Å². The standard InChI is InChI=1S/C23H23N5O5S/c1-16(29)27-9-11-28(12-10-27)34(32,33)21-7-5-17(6-8-21)23(31)26-19-14-24-22(25-15-19)18-3-2-4-20(30)13-18/h2-8,13-15,30H,9-12H2,1H3,(H,26,31). The van der Waals surface area contributed by atoms with Gasteiger partial charge in [0.25, 0.3) is 5.91 Å². The van der Waals surface area contributed by atoms with Crippen molar-refractivity contribution in [3.63, 3.8) is 0 Å². The van der Waals surface area contributed by atoms with Crippen molar-refractivity contribution in [2.24, 2.45) is 0 Å². The first-order valence-corrected chi connectivity index (χ1v) is 12.0. The molecule has 4 rings (SSSR count). The third kappa shape index (κ3) is 5.05. The van der Waals surface area contributed by atoms with E-state index >= 15 is 0 Å². The Bertz CT molecular complexity index is 1300. The van der Waals surface area contributed by atoms with Gasteiger partial charge >= 0.3 is 0 Å². The van der Waals surface area contributed by atoms with Gasteiger partial charge in [0.05, 0.1) is 23.0 Å². The van der Waals surface area contributed by atoms with Crippen molar-refractivity contribution in [3.8, 4) is 17.1 Å². The molecule has 10 nitrogen and oxygen atoms in total. The Balaban J connectivity index is 1.41. The van der Waals surface area contributed by atoms with Crippen LogP contribution in [0.25, 0.3) is 11.4 Å². The molecule has 0 atom stereocenters. The molecule has 3 aromatic rings. The number of nitrogens with one attached hydrogen (secondary N) is 1. The van der Waals surface area contributed by atoms with Crippen molar-refractivity contribution in [2.45, 2.75) is 11.8 Å². The second kappa shape index (κ2) is 9.57. The molecule has 1 aromatic heterocycles. The molecule has 1 fully saturated rings. The van der Waals surface area contributed by atoms with E-state index in [1.54, 1.807) is 23.1 Å². The van der Waals surface area contributed by atoms with Crippen LogP contribution in [0.15, 0.2) is 65.8 Å². The van der Waals surface area contributed by atoms with E-state index in [-0.39, 0.29) is 35.2 Å². The molecular formula is C23H23N5O5S. The van der Waals surface area contributed by atoms with Gasteiger partial charge in [0.1, 0.15) is 5.75 Å². The van der Waals surface area contributed by atoms with Gasteiger partial charge in [-0.25, -0.2) is 18.4 Å². The summed E-state index contributed by atoms with van der Waals surface area (Å²) in [5, 5.41) is 12.3. The van der Waals surface area contributed by atoms with E-state index in [2.05, 4.69) is 15.3 Å². The SMILES string of the molecule is CC(=O)N1CCN(S(=O)(=O)c2ccc(C(=O)Nc3cnc(-c4cccc(O)c4)nc3)cc2)CC1. The van der Waals surface area contributed by atoms with E-state index in [4.69, 9.17) is 0 Å². The summed E-state index contributed by atoms with van der Waals surface area (Å²) >= 11 is 0. The smallest absolute Gasteiger partial charge is 0.255 e. The molecule has 1 saturated heterocycles.